The predicted octanol–water partition coefficient (Wildman–Crippen LogP) is 3.17. The number of rotatable bonds is 4. The first-order chi connectivity index (χ1) is 14.1. The first-order valence-electron chi connectivity index (χ1n) is 8.81. The van der Waals surface area contributed by atoms with Crippen molar-refractivity contribution in [2.75, 3.05) is 5.32 Å². The number of primary sulfonamides is 1. The van der Waals surface area contributed by atoms with Gasteiger partial charge in [0.15, 0.2) is 0 Å². The average Bonchev–Trinajstić information content (AvgIpc) is 3.13. The van der Waals surface area contributed by atoms with Gasteiger partial charge in [-0.25, -0.2) is 22.6 Å². The number of halogens is 2. The van der Waals surface area contributed by atoms with Crippen LogP contribution in [0.5, 0.6) is 0 Å². The number of nitrogens with one attached hydrogen (secondary N) is 1. The molecule has 4 rings (SSSR count). The summed E-state index contributed by atoms with van der Waals surface area (Å²) in [6.45, 7) is 2.06. The molecule has 0 bridgehead atoms. The molecule has 0 saturated heterocycles. The Labute approximate surface area is 177 Å². The largest absolute Gasteiger partial charge is 0.321 e. The smallest absolute Gasteiger partial charge is 0.256 e. The van der Waals surface area contributed by atoms with E-state index in [1.54, 1.807) is 29.8 Å². The number of nitrogens with two attached hydrogens (primary N) is 1. The van der Waals surface area contributed by atoms with Gasteiger partial charge < -0.3 is 5.32 Å². The molecule has 1 aliphatic rings. The van der Waals surface area contributed by atoms with Crippen LogP contribution < -0.4 is 10.5 Å². The average molecular weight is 447 g/mol. The topological polar surface area (TPSA) is 107 Å². The van der Waals surface area contributed by atoms with Gasteiger partial charge in [0, 0.05) is 22.4 Å². The molecule has 0 atom stereocenters. The van der Waals surface area contributed by atoms with E-state index in [1.165, 1.54) is 30.3 Å². The fourth-order valence-electron chi connectivity index (χ4n) is 3.23. The molecule has 1 aliphatic heterocycles. The lowest BCUT2D eigenvalue weighted by molar-refractivity contribution is -0.110. The van der Waals surface area contributed by atoms with Crippen molar-refractivity contribution in [3.05, 3.63) is 75.8 Å². The minimum Gasteiger partial charge on any atom is -0.321 e. The molecule has 0 radical (unpaired) electrons. The lowest BCUT2D eigenvalue weighted by Crippen LogP contribution is -2.12. The van der Waals surface area contributed by atoms with Crippen LogP contribution in [0.25, 0.3) is 11.6 Å². The number of anilines is 1. The molecular weight excluding hydrogens is 431 g/mol. The predicted molar refractivity (Wildman–Crippen MR) is 112 cm³/mol. The summed E-state index contributed by atoms with van der Waals surface area (Å²) < 4.78 is 38.0. The number of fused-ring (bicyclic) bond motifs is 1. The summed E-state index contributed by atoms with van der Waals surface area (Å²) in [6, 6.07) is 10.1. The number of sulfonamides is 1. The van der Waals surface area contributed by atoms with Crippen LogP contribution in [0.15, 0.2) is 47.4 Å². The first-order valence-corrected chi connectivity index (χ1v) is 10.7. The second-order valence-corrected chi connectivity index (χ2v) is 8.76. The van der Waals surface area contributed by atoms with Crippen LogP contribution in [0.3, 0.4) is 0 Å². The molecule has 0 fully saturated rings. The van der Waals surface area contributed by atoms with Gasteiger partial charge in [-0.2, -0.15) is 5.10 Å². The Kier molecular flexibility index (Phi) is 4.97. The van der Waals surface area contributed by atoms with Crippen LogP contribution >= 0.6 is 11.6 Å². The number of hydrogen-bond acceptors (Lipinski definition) is 4. The van der Waals surface area contributed by atoms with Crippen LogP contribution in [-0.2, 0) is 21.4 Å². The van der Waals surface area contributed by atoms with E-state index in [0.717, 1.165) is 5.56 Å². The van der Waals surface area contributed by atoms with Gasteiger partial charge in [0.05, 0.1) is 17.1 Å². The molecule has 1 aromatic heterocycles. The van der Waals surface area contributed by atoms with Crippen molar-refractivity contribution >= 4 is 44.9 Å². The Balaban J connectivity index is 1.75. The highest BCUT2D eigenvalue weighted by Gasteiger charge is 2.27. The summed E-state index contributed by atoms with van der Waals surface area (Å²) in [7, 11) is -3.92. The molecule has 3 N–H and O–H groups in total. The fraction of sp³-hybridized carbons (Fsp3) is 0.100. The van der Waals surface area contributed by atoms with E-state index in [9.17, 15) is 17.6 Å². The van der Waals surface area contributed by atoms with Crippen LogP contribution in [0.2, 0.25) is 5.15 Å². The maximum absolute atomic E-state index is 13.1. The summed E-state index contributed by atoms with van der Waals surface area (Å²) in [6.07, 6.45) is 1.57. The van der Waals surface area contributed by atoms with Crippen molar-refractivity contribution < 1.29 is 17.6 Å². The highest BCUT2D eigenvalue weighted by molar-refractivity contribution is 7.89. The molecule has 3 aromatic rings. The van der Waals surface area contributed by atoms with Gasteiger partial charge in [-0.05, 0) is 48.9 Å². The highest BCUT2D eigenvalue weighted by atomic mass is 35.5. The lowest BCUT2D eigenvalue weighted by atomic mass is 10.0. The summed E-state index contributed by atoms with van der Waals surface area (Å²) >= 11 is 6.50. The third kappa shape index (κ3) is 3.74. The van der Waals surface area contributed by atoms with E-state index in [4.69, 9.17) is 16.7 Å². The van der Waals surface area contributed by atoms with Gasteiger partial charge in [-0.3, -0.25) is 4.79 Å². The zero-order valence-corrected chi connectivity index (χ0v) is 17.3. The number of aryl methyl sites for hydroxylation is 1. The maximum Gasteiger partial charge on any atom is 0.256 e. The first kappa shape index (κ1) is 20.3. The minimum absolute atomic E-state index is 0.0986. The van der Waals surface area contributed by atoms with Gasteiger partial charge in [-0.1, -0.05) is 23.7 Å². The summed E-state index contributed by atoms with van der Waals surface area (Å²) in [4.78, 5) is 12.4. The molecule has 30 heavy (non-hydrogen) atoms. The van der Waals surface area contributed by atoms with Crippen molar-refractivity contribution in [3.8, 4) is 0 Å². The Morgan fingerprint density at radius 3 is 2.60 bits per heavy atom. The number of carbonyl (C=O) groups is 1. The number of carbonyl (C=O) groups excluding carboxylic acids is 1. The molecule has 2 aromatic carbocycles. The van der Waals surface area contributed by atoms with Crippen molar-refractivity contribution in [1.82, 2.24) is 9.78 Å². The summed E-state index contributed by atoms with van der Waals surface area (Å²) in [5.41, 5.74) is 3.05. The van der Waals surface area contributed by atoms with E-state index in [-0.39, 0.29) is 16.3 Å². The molecule has 0 aliphatic carbocycles. The van der Waals surface area contributed by atoms with Gasteiger partial charge >= 0.3 is 0 Å². The third-order valence-corrected chi connectivity index (χ3v) is 6.06. The van der Waals surface area contributed by atoms with Crippen LogP contribution in [-0.4, -0.2) is 24.1 Å². The molecule has 1 amide bonds. The number of nitrogens with zero attached hydrogens (tertiary/aromatic N) is 2. The highest BCUT2D eigenvalue weighted by Crippen LogP contribution is 2.36. The van der Waals surface area contributed by atoms with Crippen molar-refractivity contribution in [3.63, 3.8) is 0 Å². The van der Waals surface area contributed by atoms with Crippen LogP contribution in [0.4, 0.5) is 10.1 Å². The standard InChI is InChI=1S/C20H16ClFN4O3S/c1-11-15(19(21)26(25-11)10-12-2-4-13(22)5-3-12)9-17-16-8-14(30(23,28)29)6-7-18(16)24-20(17)27/h2-9H,10H2,1H3,(H,24,27)(H2,23,28,29). The maximum atomic E-state index is 13.1. The molecule has 0 saturated carbocycles. The van der Waals surface area contributed by atoms with Gasteiger partial charge in [0.25, 0.3) is 5.91 Å². The zero-order chi connectivity index (χ0) is 21.6. The molecule has 0 spiro atoms. The van der Waals surface area contributed by atoms with Gasteiger partial charge in [0.1, 0.15) is 11.0 Å². The summed E-state index contributed by atoms with van der Waals surface area (Å²) in [5.74, 6) is -0.727. The quantitative estimate of drug-likeness (QED) is 0.600. The number of amides is 1. The van der Waals surface area contributed by atoms with E-state index in [0.29, 0.717) is 34.2 Å². The van der Waals surface area contributed by atoms with E-state index >= 15 is 0 Å². The van der Waals surface area contributed by atoms with E-state index in [2.05, 4.69) is 10.4 Å². The molecule has 7 nitrogen and oxygen atoms in total. The second-order valence-electron chi connectivity index (χ2n) is 6.84. The molecule has 0 unspecified atom stereocenters. The Morgan fingerprint density at radius 1 is 1.23 bits per heavy atom. The third-order valence-electron chi connectivity index (χ3n) is 4.75. The van der Waals surface area contributed by atoms with Gasteiger partial charge in [0.2, 0.25) is 10.0 Å². The number of aromatic nitrogens is 2. The molecule has 154 valence electrons. The van der Waals surface area contributed by atoms with E-state index in [1.807, 2.05) is 0 Å². The Hall–Kier alpha value is -3.01. The van der Waals surface area contributed by atoms with Gasteiger partial charge in [-0.15, -0.1) is 0 Å². The number of hydrogen-bond donors (Lipinski definition) is 2. The molecule has 10 heteroatoms. The van der Waals surface area contributed by atoms with Crippen LogP contribution in [0, 0.1) is 12.7 Å². The van der Waals surface area contributed by atoms with Crippen molar-refractivity contribution in [1.29, 1.82) is 0 Å². The normalized spacial score (nSPS) is 14.8. The summed E-state index contributed by atoms with van der Waals surface area (Å²) in [5, 5.41) is 12.6. The number of benzene rings is 2. The minimum atomic E-state index is -3.92. The van der Waals surface area contributed by atoms with Crippen molar-refractivity contribution in [2.24, 2.45) is 5.14 Å². The Bertz CT molecular complexity index is 1310. The zero-order valence-electron chi connectivity index (χ0n) is 15.7. The van der Waals surface area contributed by atoms with Crippen molar-refractivity contribution in [2.45, 2.75) is 18.4 Å². The fourth-order valence-corrected chi connectivity index (χ4v) is 4.06. The SMILES string of the molecule is Cc1nn(Cc2ccc(F)cc2)c(Cl)c1C=C1C(=O)Nc2ccc(S(N)(=O)=O)cc21. The second kappa shape index (κ2) is 7.35. The molecular formula is C20H16ClFN4O3S. The van der Waals surface area contributed by atoms with E-state index < -0.39 is 15.9 Å². The lowest BCUT2D eigenvalue weighted by Gasteiger charge is -2.04. The monoisotopic (exact) mass is 446 g/mol. The Morgan fingerprint density at radius 2 is 1.93 bits per heavy atom. The molecule has 2 heterocycles. The van der Waals surface area contributed by atoms with Crippen LogP contribution in [0.1, 0.15) is 22.4 Å².